The van der Waals surface area contributed by atoms with Crippen LogP contribution in [-0.2, 0) is 9.53 Å². The molecule has 3 fully saturated rings. The molecule has 0 radical (unpaired) electrons. The lowest BCUT2D eigenvalue weighted by Crippen LogP contribution is -2.74. The van der Waals surface area contributed by atoms with Crippen LogP contribution in [0, 0.1) is 10.8 Å². The fourth-order valence-electron chi connectivity index (χ4n) is 2.87. The molecule has 3 aliphatic carbocycles. The Morgan fingerprint density at radius 2 is 1.87 bits per heavy atom. The highest BCUT2D eigenvalue weighted by atomic mass is 19.4. The Balaban J connectivity index is 2.01. The first kappa shape index (κ1) is 10.7. The number of carbonyl (C=O) groups is 1. The smallest absolute Gasteiger partial charge is 0.394 e. The van der Waals surface area contributed by atoms with E-state index in [-0.39, 0.29) is 19.3 Å². The molecule has 0 amide bonds. The number of methoxy groups -OCH3 is 1. The number of alkyl halides is 3. The van der Waals surface area contributed by atoms with Gasteiger partial charge in [-0.25, -0.2) is 0 Å². The van der Waals surface area contributed by atoms with E-state index in [1.54, 1.807) is 0 Å². The second-order valence-electron chi connectivity index (χ2n) is 4.67. The Kier molecular flexibility index (Phi) is 1.91. The number of esters is 1. The minimum absolute atomic E-state index is 0.0280. The third-order valence-electron chi connectivity index (χ3n) is 3.79. The predicted molar refractivity (Wildman–Crippen MR) is 44.8 cm³/mol. The number of halogens is 3. The van der Waals surface area contributed by atoms with E-state index in [1.165, 1.54) is 7.11 Å². The molecule has 0 unspecified atom stereocenters. The molecule has 86 valence electrons. The van der Waals surface area contributed by atoms with Gasteiger partial charge in [-0.2, -0.15) is 13.2 Å². The minimum Gasteiger partial charge on any atom is -0.468 e. The van der Waals surface area contributed by atoms with Crippen LogP contribution in [0.15, 0.2) is 0 Å². The monoisotopic (exact) mass is 223 g/mol. The summed E-state index contributed by atoms with van der Waals surface area (Å²) in [5.74, 6) is -0.620. The van der Waals surface area contributed by atoms with E-state index in [9.17, 15) is 18.0 Å². The maximum atomic E-state index is 12.5. The normalized spacial score (nSPS) is 40.1. The standard InChI is InChI=1S/C9H12F3NO2/c1-15-6(14)5(13)7-2-8(3-7,4-7)9(10,11)12/h5H,2-4,13H2,1H3/t5-,7?,8?/m0/s1. The molecule has 3 rings (SSSR count). The first-order chi connectivity index (χ1) is 6.76. The van der Waals surface area contributed by atoms with Crippen LogP contribution in [0.25, 0.3) is 0 Å². The Morgan fingerprint density at radius 3 is 2.20 bits per heavy atom. The Hall–Kier alpha value is -0.780. The van der Waals surface area contributed by atoms with Crippen LogP contribution in [0.2, 0.25) is 0 Å². The summed E-state index contributed by atoms with van der Waals surface area (Å²) in [6.07, 6.45) is -4.25. The quantitative estimate of drug-likeness (QED) is 0.716. The van der Waals surface area contributed by atoms with Gasteiger partial charge in [0.05, 0.1) is 12.5 Å². The summed E-state index contributed by atoms with van der Waals surface area (Å²) in [6.45, 7) is 0. The van der Waals surface area contributed by atoms with Gasteiger partial charge in [-0.1, -0.05) is 0 Å². The lowest BCUT2D eigenvalue weighted by atomic mass is 9.33. The summed E-state index contributed by atoms with van der Waals surface area (Å²) >= 11 is 0. The number of hydrogen-bond acceptors (Lipinski definition) is 3. The molecule has 15 heavy (non-hydrogen) atoms. The molecule has 0 aliphatic heterocycles. The second-order valence-corrected chi connectivity index (χ2v) is 4.67. The van der Waals surface area contributed by atoms with Crippen molar-refractivity contribution in [3.8, 4) is 0 Å². The zero-order valence-electron chi connectivity index (χ0n) is 8.23. The minimum atomic E-state index is -4.16. The van der Waals surface area contributed by atoms with Crippen molar-refractivity contribution in [3.05, 3.63) is 0 Å². The van der Waals surface area contributed by atoms with Crippen LogP contribution in [0.1, 0.15) is 19.3 Å². The number of rotatable bonds is 2. The van der Waals surface area contributed by atoms with Crippen LogP contribution in [0.3, 0.4) is 0 Å². The third kappa shape index (κ3) is 1.14. The molecule has 0 aromatic heterocycles. The molecule has 2 N–H and O–H groups in total. The summed E-state index contributed by atoms with van der Waals surface area (Å²) in [6, 6.07) is -0.910. The van der Waals surface area contributed by atoms with Crippen LogP contribution in [-0.4, -0.2) is 25.3 Å². The first-order valence-corrected chi connectivity index (χ1v) is 4.67. The summed E-state index contributed by atoms with van der Waals surface area (Å²) in [4.78, 5) is 11.1. The van der Waals surface area contributed by atoms with Crippen LogP contribution in [0.4, 0.5) is 13.2 Å². The number of ether oxygens (including phenoxy) is 1. The molecule has 1 atom stereocenters. The Morgan fingerprint density at radius 1 is 1.40 bits per heavy atom. The molecule has 6 heteroatoms. The fourth-order valence-corrected chi connectivity index (χ4v) is 2.87. The average molecular weight is 223 g/mol. The second kappa shape index (κ2) is 2.66. The lowest BCUT2D eigenvalue weighted by Gasteiger charge is -2.71. The van der Waals surface area contributed by atoms with Crippen molar-refractivity contribution in [2.24, 2.45) is 16.6 Å². The van der Waals surface area contributed by atoms with E-state index in [2.05, 4.69) is 4.74 Å². The SMILES string of the molecule is COC(=O)[C@H](N)C12CC(C(F)(F)F)(C1)C2. The van der Waals surface area contributed by atoms with Crippen molar-refractivity contribution in [1.29, 1.82) is 0 Å². The highest BCUT2D eigenvalue weighted by Gasteiger charge is 2.80. The van der Waals surface area contributed by atoms with E-state index in [4.69, 9.17) is 5.73 Å². The highest BCUT2D eigenvalue weighted by molar-refractivity contribution is 5.77. The highest BCUT2D eigenvalue weighted by Crippen LogP contribution is 2.79. The van der Waals surface area contributed by atoms with Crippen molar-refractivity contribution in [2.75, 3.05) is 7.11 Å². The molecule has 2 bridgehead atoms. The molecular weight excluding hydrogens is 211 g/mol. The molecule has 0 heterocycles. The van der Waals surface area contributed by atoms with E-state index < -0.39 is 29.0 Å². The molecule has 3 nitrogen and oxygen atoms in total. The van der Waals surface area contributed by atoms with E-state index in [0.29, 0.717) is 0 Å². The molecule has 0 saturated heterocycles. The summed E-state index contributed by atoms with van der Waals surface area (Å²) in [5, 5.41) is 0. The Labute approximate surface area is 84.8 Å². The van der Waals surface area contributed by atoms with Crippen LogP contribution < -0.4 is 5.73 Å². The maximum Gasteiger partial charge on any atom is 0.394 e. The fraction of sp³-hybridized carbons (Fsp3) is 0.889. The topological polar surface area (TPSA) is 52.3 Å². The van der Waals surface area contributed by atoms with Gasteiger partial charge in [-0.05, 0) is 24.7 Å². The molecule has 0 aromatic rings. The van der Waals surface area contributed by atoms with Gasteiger partial charge in [-0.15, -0.1) is 0 Å². The van der Waals surface area contributed by atoms with Crippen molar-refractivity contribution >= 4 is 5.97 Å². The molecule has 0 spiro atoms. The van der Waals surface area contributed by atoms with E-state index in [0.717, 1.165) is 0 Å². The van der Waals surface area contributed by atoms with Gasteiger partial charge in [0.15, 0.2) is 0 Å². The number of nitrogens with two attached hydrogens (primary N) is 1. The van der Waals surface area contributed by atoms with Gasteiger partial charge >= 0.3 is 12.1 Å². The van der Waals surface area contributed by atoms with Crippen molar-refractivity contribution in [2.45, 2.75) is 31.5 Å². The zero-order valence-corrected chi connectivity index (χ0v) is 8.23. The summed E-state index contributed by atoms with van der Waals surface area (Å²) in [7, 11) is 1.19. The first-order valence-electron chi connectivity index (χ1n) is 4.67. The molecule has 0 aromatic carbocycles. The van der Waals surface area contributed by atoms with E-state index in [1.807, 2.05) is 0 Å². The van der Waals surface area contributed by atoms with Gasteiger partial charge in [0.1, 0.15) is 6.04 Å². The predicted octanol–water partition coefficient (Wildman–Crippen LogP) is 1.22. The van der Waals surface area contributed by atoms with Crippen LogP contribution in [0.5, 0.6) is 0 Å². The largest absolute Gasteiger partial charge is 0.468 e. The third-order valence-corrected chi connectivity index (χ3v) is 3.79. The molecule has 3 saturated carbocycles. The lowest BCUT2D eigenvalue weighted by molar-refractivity contribution is -0.366. The Bertz CT molecular complexity index is 293. The van der Waals surface area contributed by atoms with Crippen molar-refractivity contribution in [1.82, 2.24) is 0 Å². The van der Waals surface area contributed by atoms with Crippen LogP contribution >= 0.6 is 0 Å². The molecule has 3 aliphatic rings. The van der Waals surface area contributed by atoms with Gasteiger partial charge < -0.3 is 10.5 Å². The summed E-state index contributed by atoms with van der Waals surface area (Å²) < 4.78 is 41.9. The van der Waals surface area contributed by atoms with Gasteiger partial charge in [0.25, 0.3) is 0 Å². The molecular formula is C9H12F3NO2. The average Bonchev–Trinajstić information content (AvgIpc) is 1.94. The van der Waals surface area contributed by atoms with Crippen molar-refractivity contribution < 1.29 is 22.7 Å². The van der Waals surface area contributed by atoms with Gasteiger partial charge in [0.2, 0.25) is 0 Å². The zero-order chi connectivity index (χ0) is 11.5. The van der Waals surface area contributed by atoms with Crippen molar-refractivity contribution in [3.63, 3.8) is 0 Å². The number of carbonyl (C=O) groups excluding carboxylic acids is 1. The summed E-state index contributed by atoms with van der Waals surface area (Å²) in [5.41, 5.74) is 3.36. The van der Waals surface area contributed by atoms with Gasteiger partial charge in [-0.3, -0.25) is 4.79 Å². The number of hydrogen-bond donors (Lipinski definition) is 1. The van der Waals surface area contributed by atoms with Gasteiger partial charge in [0, 0.05) is 0 Å². The maximum absolute atomic E-state index is 12.5. The van der Waals surface area contributed by atoms with E-state index >= 15 is 0 Å².